The maximum Gasteiger partial charge on any atom is 0.257 e. The molecule has 0 atom stereocenters. The highest BCUT2D eigenvalue weighted by molar-refractivity contribution is 7.80. The lowest BCUT2D eigenvalue weighted by molar-refractivity contribution is 0.0953. The molecule has 0 spiro atoms. The molecule has 3 aromatic rings. The zero-order valence-corrected chi connectivity index (χ0v) is 19.7. The fourth-order valence-corrected chi connectivity index (χ4v) is 3.33. The molecule has 0 bridgehead atoms. The summed E-state index contributed by atoms with van der Waals surface area (Å²) >= 11 is 5.29. The van der Waals surface area contributed by atoms with Crippen molar-refractivity contribution < 1.29 is 19.1 Å². The van der Waals surface area contributed by atoms with Crippen molar-refractivity contribution >= 4 is 34.8 Å². The van der Waals surface area contributed by atoms with E-state index in [1.807, 2.05) is 30.3 Å². The normalized spacial score (nSPS) is 10.3. The number of nitrogens with one attached hydrogen (secondary N) is 3. The summed E-state index contributed by atoms with van der Waals surface area (Å²) < 4.78 is 10.4. The number of carbonyl (C=O) groups excluding carboxylic acids is 2. The second-order valence-corrected chi connectivity index (χ2v) is 7.72. The number of anilines is 1. The van der Waals surface area contributed by atoms with Crippen molar-refractivity contribution in [3.05, 3.63) is 95.6 Å². The van der Waals surface area contributed by atoms with Gasteiger partial charge in [-0.05, 0) is 60.6 Å². The van der Waals surface area contributed by atoms with Gasteiger partial charge in [0.2, 0.25) is 0 Å². The summed E-state index contributed by atoms with van der Waals surface area (Å²) in [4.78, 5) is 25.2. The van der Waals surface area contributed by atoms with E-state index >= 15 is 0 Å². The monoisotopic (exact) mass is 477 g/mol. The van der Waals surface area contributed by atoms with E-state index in [0.717, 1.165) is 12.0 Å². The Balaban J connectivity index is 1.53. The Morgan fingerprint density at radius 1 is 0.853 bits per heavy atom. The highest BCUT2D eigenvalue weighted by Gasteiger charge is 2.13. The van der Waals surface area contributed by atoms with Gasteiger partial charge in [-0.15, -0.1) is 0 Å². The average molecular weight is 478 g/mol. The Kier molecular flexibility index (Phi) is 9.57. The van der Waals surface area contributed by atoms with E-state index in [1.54, 1.807) is 55.6 Å². The zero-order chi connectivity index (χ0) is 24.2. The van der Waals surface area contributed by atoms with Gasteiger partial charge in [0.1, 0.15) is 12.4 Å². The molecule has 3 N–H and O–H groups in total. The van der Waals surface area contributed by atoms with Crippen molar-refractivity contribution in [3.8, 4) is 5.75 Å². The van der Waals surface area contributed by atoms with Gasteiger partial charge < -0.3 is 20.1 Å². The molecule has 3 rings (SSSR count). The first-order chi connectivity index (χ1) is 16.6. The number of ether oxygens (including phenoxy) is 2. The summed E-state index contributed by atoms with van der Waals surface area (Å²) in [5.74, 6) is 0.0458. The quantitative estimate of drug-likeness (QED) is 0.304. The van der Waals surface area contributed by atoms with E-state index in [-0.39, 0.29) is 16.9 Å². The lowest BCUT2D eigenvalue weighted by atomic mass is 10.1. The van der Waals surface area contributed by atoms with Gasteiger partial charge in [-0.1, -0.05) is 42.5 Å². The van der Waals surface area contributed by atoms with E-state index < -0.39 is 0 Å². The molecule has 0 unspecified atom stereocenters. The molecule has 8 heteroatoms. The minimum Gasteiger partial charge on any atom is -0.491 e. The second-order valence-electron chi connectivity index (χ2n) is 7.31. The molecule has 0 aliphatic rings. The molecular weight excluding hydrogens is 450 g/mol. The first-order valence-electron chi connectivity index (χ1n) is 10.8. The second kappa shape index (κ2) is 13.1. The Morgan fingerprint density at radius 2 is 1.56 bits per heavy atom. The van der Waals surface area contributed by atoms with Crippen molar-refractivity contribution in [2.24, 2.45) is 0 Å². The van der Waals surface area contributed by atoms with Crippen LogP contribution in [0.4, 0.5) is 5.69 Å². The first kappa shape index (κ1) is 24.9. The van der Waals surface area contributed by atoms with Crippen molar-refractivity contribution in [1.82, 2.24) is 10.6 Å². The number of rotatable bonds is 10. The summed E-state index contributed by atoms with van der Waals surface area (Å²) in [5.41, 5.74) is 2.51. The van der Waals surface area contributed by atoms with Crippen LogP contribution >= 0.6 is 12.2 Å². The van der Waals surface area contributed by atoms with Crippen molar-refractivity contribution in [2.75, 3.05) is 32.2 Å². The van der Waals surface area contributed by atoms with Crippen LogP contribution in [0.2, 0.25) is 0 Å². The van der Waals surface area contributed by atoms with Gasteiger partial charge in [0, 0.05) is 19.2 Å². The Bertz CT molecular complexity index is 1100. The van der Waals surface area contributed by atoms with Crippen LogP contribution in [0, 0.1) is 0 Å². The number of amides is 2. The van der Waals surface area contributed by atoms with Crippen molar-refractivity contribution in [3.63, 3.8) is 0 Å². The molecule has 0 heterocycles. The Labute approximate surface area is 204 Å². The summed E-state index contributed by atoms with van der Waals surface area (Å²) in [7, 11) is 1.60. The molecular formula is C26H27N3O4S. The van der Waals surface area contributed by atoms with Crippen LogP contribution < -0.4 is 20.7 Å². The molecule has 0 fully saturated rings. The largest absolute Gasteiger partial charge is 0.491 e. The van der Waals surface area contributed by atoms with Crippen LogP contribution in [0.1, 0.15) is 26.3 Å². The summed E-state index contributed by atoms with van der Waals surface area (Å²) in [6.45, 7) is 1.41. The Hall–Kier alpha value is -3.75. The third-order valence-corrected chi connectivity index (χ3v) is 5.07. The molecule has 0 saturated carbocycles. The molecule has 0 saturated heterocycles. The number of para-hydroxylation sites is 1. The minimum absolute atomic E-state index is 0.0926. The predicted octanol–water partition coefficient (Wildman–Crippen LogP) is 3.81. The maximum atomic E-state index is 12.7. The molecule has 0 radical (unpaired) electrons. The van der Waals surface area contributed by atoms with Gasteiger partial charge in [0.05, 0.1) is 17.9 Å². The van der Waals surface area contributed by atoms with Gasteiger partial charge >= 0.3 is 0 Å². The lowest BCUT2D eigenvalue weighted by Crippen LogP contribution is -2.35. The van der Waals surface area contributed by atoms with E-state index in [2.05, 4.69) is 16.0 Å². The minimum atomic E-state index is -0.370. The molecule has 2 amide bonds. The topological polar surface area (TPSA) is 88.7 Å². The molecule has 3 aromatic carbocycles. The smallest absolute Gasteiger partial charge is 0.257 e. The fourth-order valence-electron chi connectivity index (χ4n) is 3.12. The number of hydrogen-bond donors (Lipinski definition) is 3. The van der Waals surface area contributed by atoms with Gasteiger partial charge in [0.15, 0.2) is 5.11 Å². The van der Waals surface area contributed by atoms with Crippen LogP contribution in [-0.4, -0.2) is 43.8 Å². The van der Waals surface area contributed by atoms with Crippen LogP contribution in [-0.2, 0) is 11.2 Å². The summed E-state index contributed by atoms with van der Waals surface area (Å²) in [6, 6.07) is 23.6. The van der Waals surface area contributed by atoms with Crippen molar-refractivity contribution in [2.45, 2.75) is 6.42 Å². The lowest BCUT2D eigenvalue weighted by Gasteiger charge is -2.14. The SMILES string of the molecule is COCCOc1ccc(C(=O)NC(=S)Nc2ccccc2C(=O)NCCc2ccccc2)cc1. The molecule has 176 valence electrons. The molecule has 0 aliphatic carbocycles. The molecule has 0 aliphatic heterocycles. The van der Waals surface area contributed by atoms with Gasteiger partial charge in [-0.2, -0.15) is 0 Å². The number of carbonyl (C=O) groups is 2. The maximum absolute atomic E-state index is 12.7. The van der Waals surface area contributed by atoms with E-state index in [0.29, 0.717) is 42.3 Å². The van der Waals surface area contributed by atoms with Gasteiger partial charge in [-0.25, -0.2) is 0 Å². The Morgan fingerprint density at radius 3 is 2.29 bits per heavy atom. The van der Waals surface area contributed by atoms with Crippen LogP contribution in [0.5, 0.6) is 5.75 Å². The van der Waals surface area contributed by atoms with Crippen LogP contribution in [0.25, 0.3) is 0 Å². The molecule has 0 aromatic heterocycles. The van der Waals surface area contributed by atoms with E-state index in [4.69, 9.17) is 21.7 Å². The first-order valence-corrected chi connectivity index (χ1v) is 11.2. The third-order valence-electron chi connectivity index (χ3n) is 4.86. The number of thiocarbonyl (C=S) groups is 1. The van der Waals surface area contributed by atoms with E-state index in [1.165, 1.54) is 0 Å². The molecule has 34 heavy (non-hydrogen) atoms. The standard InChI is InChI=1S/C26H27N3O4S/c1-32-17-18-33-21-13-11-20(12-14-21)24(30)29-26(34)28-23-10-6-5-9-22(23)25(31)27-16-15-19-7-3-2-4-8-19/h2-14H,15-18H2,1H3,(H,27,31)(H2,28,29,30,34). The zero-order valence-electron chi connectivity index (χ0n) is 18.9. The fraction of sp³-hybridized carbons (Fsp3) is 0.192. The predicted molar refractivity (Wildman–Crippen MR) is 136 cm³/mol. The van der Waals surface area contributed by atoms with Gasteiger partial charge in [-0.3, -0.25) is 14.9 Å². The van der Waals surface area contributed by atoms with Crippen molar-refractivity contribution in [1.29, 1.82) is 0 Å². The third kappa shape index (κ3) is 7.68. The summed E-state index contributed by atoms with van der Waals surface area (Å²) in [5, 5.41) is 8.60. The highest BCUT2D eigenvalue weighted by Crippen LogP contribution is 2.16. The molecule has 7 nitrogen and oxygen atoms in total. The van der Waals surface area contributed by atoms with Crippen LogP contribution in [0.3, 0.4) is 0 Å². The summed E-state index contributed by atoms with van der Waals surface area (Å²) in [6.07, 6.45) is 0.729. The highest BCUT2D eigenvalue weighted by atomic mass is 32.1. The average Bonchev–Trinajstić information content (AvgIpc) is 2.85. The number of methoxy groups -OCH3 is 1. The number of benzene rings is 3. The number of hydrogen-bond acceptors (Lipinski definition) is 5. The van der Waals surface area contributed by atoms with E-state index in [9.17, 15) is 9.59 Å². The van der Waals surface area contributed by atoms with Crippen LogP contribution in [0.15, 0.2) is 78.9 Å². The van der Waals surface area contributed by atoms with Gasteiger partial charge in [0.25, 0.3) is 11.8 Å².